The zero-order chi connectivity index (χ0) is 14.2. The fourth-order valence-corrected chi connectivity index (χ4v) is 4.03. The zero-order valence-electron chi connectivity index (χ0n) is 11.3. The van der Waals surface area contributed by atoms with Crippen LogP contribution in [0.15, 0.2) is 5.03 Å². The Morgan fingerprint density at radius 1 is 1.42 bits per heavy atom. The monoisotopic (exact) mass is 289 g/mol. The van der Waals surface area contributed by atoms with Crippen LogP contribution in [0.25, 0.3) is 0 Å². The van der Waals surface area contributed by atoms with Gasteiger partial charge >= 0.3 is 0 Å². The number of aryl methyl sites for hydroxylation is 1. The number of aliphatic hydroxyl groups is 1. The maximum atomic E-state index is 12.5. The molecule has 1 saturated heterocycles. The minimum Gasteiger partial charge on any atom is -0.392 e. The summed E-state index contributed by atoms with van der Waals surface area (Å²) in [5.41, 5.74) is 0.891. The topological polar surface area (TPSA) is 95.5 Å². The van der Waals surface area contributed by atoms with Crippen molar-refractivity contribution in [2.24, 2.45) is 0 Å². The third-order valence-corrected chi connectivity index (χ3v) is 4.97. The van der Waals surface area contributed by atoms with Gasteiger partial charge in [0.25, 0.3) is 10.0 Å². The van der Waals surface area contributed by atoms with Crippen LogP contribution in [0, 0.1) is 6.92 Å². The van der Waals surface area contributed by atoms with Crippen LogP contribution in [0.3, 0.4) is 0 Å². The van der Waals surface area contributed by atoms with Crippen molar-refractivity contribution in [2.75, 3.05) is 13.1 Å². The maximum Gasteiger partial charge on any atom is 0.262 e. The van der Waals surface area contributed by atoms with E-state index in [-0.39, 0.29) is 23.8 Å². The Morgan fingerprint density at radius 3 is 2.53 bits per heavy atom. The van der Waals surface area contributed by atoms with Gasteiger partial charge in [-0.25, -0.2) is 8.42 Å². The molecule has 0 radical (unpaired) electrons. The van der Waals surface area contributed by atoms with Crippen molar-refractivity contribution >= 4 is 10.0 Å². The number of H-pyrrole nitrogens is 1. The van der Waals surface area contributed by atoms with Crippen molar-refractivity contribution in [1.29, 1.82) is 0 Å². The third kappa shape index (κ3) is 2.66. The average molecular weight is 289 g/mol. The summed E-state index contributed by atoms with van der Waals surface area (Å²) in [5, 5.41) is 15.6. The number of hydrogen-bond donors (Lipinski definition) is 2. The van der Waals surface area contributed by atoms with E-state index in [1.165, 1.54) is 4.31 Å². The molecule has 7 nitrogen and oxygen atoms in total. The average Bonchev–Trinajstić information content (AvgIpc) is 2.69. The molecule has 2 rings (SSSR count). The predicted molar refractivity (Wildman–Crippen MR) is 68.0 cm³/mol. The maximum absolute atomic E-state index is 12.5. The molecule has 2 atom stereocenters. The van der Waals surface area contributed by atoms with Crippen molar-refractivity contribution in [3.8, 4) is 0 Å². The van der Waals surface area contributed by atoms with Crippen molar-refractivity contribution in [2.45, 2.75) is 44.6 Å². The van der Waals surface area contributed by atoms with E-state index in [1.54, 1.807) is 6.92 Å². The first-order valence-electron chi connectivity index (χ1n) is 6.16. The molecule has 0 bridgehead atoms. The molecule has 1 aliphatic rings. The van der Waals surface area contributed by atoms with Gasteiger partial charge in [0.2, 0.25) is 0 Å². The van der Waals surface area contributed by atoms with Crippen LogP contribution >= 0.6 is 0 Å². The Labute approximate surface area is 112 Å². The highest BCUT2D eigenvalue weighted by atomic mass is 32.2. The van der Waals surface area contributed by atoms with Gasteiger partial charge in [-0.15, -0.1) is 0 Å². The Morgan fingerprint density at radius 2 is 2.00 bits per heavy atom. The zero-order valence-corrected chi connectivity index (χ0v) is 12.1. The first kappa shape index (κ1) is 14.4. The number of nitrogens with one attached hydrogen (secondary N) is 1. The second-order valence-electron chi connectivity index (χ2n) is 4.87. The highest BCUT2D eigenvalue weighted by molar-refractivity contribution is 7.89. The Kier molecular flexibility index (Phi) is 3.95. The summed E-state index contributed by atoms with van der Waals surface area (Å²) in [7, 11) is -3.70. The molecule has 1 aliphatic heterocycles. The summed E-state index contributed by atoms with van der Waals surface area (Å²) >= 11 is 0. The molecular weight excluding hydrogens is 270 g/mol. The van der Waals surface area contributed by atoms with Crippen LogP contribution < -0.4 is 0 Å². The smallest absolute Gasteiger partial charge is 0.262 e. The van der Waals surface area contributed by atoms with Crippen molar-refractivity contribution in [3.05, 3.63) is 11.3 Å². The second-order valence-corrected chi connectivity index (χ2v) is 6.72. The van der Waals surface area contributed by atoms with Gasteiger partial charge in [0.1, 0.15) is 0 Å². The fraction of sp³-hybridized carbons (Fsp3) is 0.727. The predicted octanol–water partition coefficient (Wildman–Crippen LogP) is 0.00832. The second kappa shape index (κ2) is 5.20. The number of aromatic amines is 1. The summed E-state index contributed by atoms with van der Waals surface area (Å²) in [6.45, 7) is 5.59. The molecule has 1 aromatic heterocycles. The van der Waals surface area contributed by atoms with E-state index in [9.17, 15) is 13.5 Å². The SMILES string of the molecule is Cc1[nH]nc(S(=O)(=O)N2CC(C)OC(C)C2)c1CO. The number of aromatic nitrogens is 2. The normalized spacial score (nSPS) is 25.7. The lowest BCUT2D eigenvalue weighted by atomic mass is 10.3. The van der Waals surface area contributed by atoms with Gasteiger partial charge < -0.3 is 9.84 Å². The van der Waals surface area contributed by atoms with Crippen LogP contribution in [0.5, 0.6) is 0 Å². The minimum atomic E-state index is -3.70. The lowest BCUT2D eigenvalue weighted by Gasteiger charge is -2.34. The van der Waals surface area contributed by atoms with Gasteiger partial charge in [0, 0.05) is 24.3 Å². The lowest BCUT2D eigenvalue weighted by Crippen LogP contribution is -2.48. The fourth-order valence-electron chi connectivity index (χ4n) is 2.28. The highest BCUT2D eigenvalue weighted by Gasteiger charge is 2.35. The van der Waals surface area contributed by atoms with E-state index in [4.69, 9.17) is 4.74 Å². The molecular formula is C11H19N3O4S. The van der Waals surface area contributed by atoms with E-state index < -0.39 is 10.0 Å². The first-order valence-corrected chi connectivity index (χ1v) is 7.60. The van der Waals surface area contributed by atoms with Crippen molar-refractivity contribution < 1.29 is 18.3 Å². The number of ether oxygens (including phenoxy) is 1. The van der Waals surface area contributed by atoms with Gasteiger partial charge in [-0.2, -0.15) is 9.40 Å². The number of hydrogen-bond acceptors (Lipinski definition) is 5. The number of morpholine rings is 1. The van der Waals surface area contributed by atoms with Gasteiger partial charge in [-0.1, -0.05) is 0 Å². The lowest BCUT2D eigenvalue weighted by molar-refractivity contribution is -0.0441. The van der Waals surface area contributed by atoms with Gasteiger partial charge in [-0.05, 0) is 20.8 Å². The standard InChI is InChI=1S/C11H19N3O4S/c1-7-4-14(5-8(2)18-7)19(16,17)11-10(6-15)9(3)12-13-11/h7-8,15H,4-6H2,1-3H3,(H,12,13). The van der Waals surface area contributed by atoms with Crippen LogP contribution in [-0.4, -0.2) is 53.3 Å². The van der Waals surface area contributed by atoms with E-state index in [1.807, 2.05) is 13.8 Å². The Hall–Kier alpha value is -0.960. The van der Waals surface area contributed by atoms with E-state index in [0.717, 1.165) is 0 Å². The van der Waals surface area contributed by atoms with Gasteiger partial charge in [0.05, 0.1) is 18.8 Å². The van der Waals surface area contributed by atoms with E-state index in [0.29, 0.717) is 24.3 Å². The molecule has 19 heavy (non-hydrogen) atoms. The number of nitrogens with zero attached hydrogens (tertiary/aromatic N) is 2. The molecule has 0 saturated carbocycles. The molecule has 2 N–H and O–H groups in total. The molecule has 108 valence electrons. The van der Waals surface area contributed by atoms with Gasteiger partial charge in [-0.3, -0.25) is 5.10 Å². The van der Waals surface area contributed by atoms with Gasteiger partial charge in [0.15, 0.2) is 5.03 Å². The molecule has 0 spiro atoms. The van der Waals surface area contributed by atoms with E-state index in [2.05, 4.69) is 10.2 Å². The summed E-state index contributed by atoms with van der Waals surface area (Å²) in [5.74, 6) is 0. The van der Waals surface area contributed by atoms with Crippen LogP contribution in [0.1, 0.15) is 25.1 Å². The molecule has 0 amide bonds. The van der Waals surface area contributed by atoms with Crippen molar-refractivity contribution in [3.63, 3.8) is 0 Å². The summed E-state index contributed by atoms with van der Waals surface area (Å²) in [4.78, 5) is 0. The molecule has 0 aromatic carbocycles. The molecule has 8 heteroatoms. The van der Waals surface area contributed by atoms with Crippen molar-refractivity contribution in [1.82, 2.24) is 14.5 Å². The number of rotatable bonds is 3. The minimum absolute atomic E-state index is 0.0891. The molecule has 1 fully saturated rings. The largest absolute Gasteiger partial charge is 0.392 e. The summed E-state index contributed by atoms with van der Waals surface area (Å²) in [6.07, 6.45) is -0.313. The first-order chi connectivity index (χ1) is 8.86. The Bertz CT molecular complexity index is 544. The van der Waals surface area contributed by atoms with E-state index >= 15 is 0 Å². The summed E-state index contributed by atoms with van der Waals surface area (Å²) < 4.78 is 32.0. The Balaban J connectivity index is 2.36. The molecule has 2 heterocycles. The van der Waals surface area contributed by atoms with Crippen LogP contribution in [0.2, 0.25) is 0 Å². The quantitative estimate of drug-likeness (QED) is 0.817. The number of sulfonamides is 1. The molecule has 0 aliphatic carbocycles. The summed E-state index contributed by atoms with van der Waals surface area (Å²) in [6, 6.07) is 0. The van der Waals surface area contributed by atoms with Crippen LogP contribution in [0.4, 0.5) is 0 Å². The molecule has 1 aromatic rings. The highest BCUT2D eigenvalue weighted by Crippen LogP contribution is 2.23. The van der Waals surface area contributed by atoms with Crippen LogP contribution in [-0.2, 0) is 21.4 Å². The third-order valence-electron chi connectivity index (χ3n) is 3.16. The molecule has 2 unspecified atom stereocenters. The number of aliphatic hydroxyl groups excluding tert-OH is 1.